The molecule has 0 spiro atoms. The van der Waals surface area contributed by atoms with Crippen LogP contribution < -0.4 is 14.2 Å². The van der Waals surface area contributed by atoms with Crippen molar-refractivity contribution in [3.05, 3.63) is 52.8 Å². The summed E-state index contributed by atoms with van der Waals surface area (Å²) in [4.78, 5) is 11.6. The highest BCUT2D eigenvalue weighted by Gasteiger charge is 2.32. The zero-order valence-corrected chi connectivity index (χ0v) is 17.1. The summed E-state index contributed by atoms with van der Waals surface area (Å²) in [5.41, 5.74) is 2.10. The number of ether oxygens (including phenoxy) is 3. The van der Waals surface area contributed by atoms with Crippen molar-refractivity contribution in [1.29, 1.82) is 0 Å². The lowest BCUT2D eigenvalue weighted by Gasteiger charge is -2.19. The molecule has 3 rings (SSSR count). The quantitative estimate of drug-likeness (QED) is 0.482. The fraction of sp³-hybridized carbons (Fsp3) is 0.435. The smallest absolute Gasteiger partial charge is 0.310 e. The fourth-order valence-corrected chi connectivity index (χ4v) is 3.37. The van der Waals surface area contributed by atoms with E-state index in [4.69, 9.17) is 14.2 Å². The van der Waals surface area contributed by atoms with Crippen LogP contribution >= 0.6 is 0 Å². The van der Waals surface area contributed by atoms with Crippen LogP contribution in [0.3, 0.4) is 0 Å². The van der Waals surface area contributed by atoms with E-state index >= 15 is 0 Å². The maximum absolute atomic E-state index is 14.0. The normalized spacial score (nSPS) is 14.5. The molecule has 0 saturated heterocycles. The molecule has 1 heterocycles. The van der Waals surface area contributed by atoms with Crippen molar-refractivity contribution < 1.29 is 23.4 Å². The minimum atomic E-state index is -0.347. The number of esters is 1. The van der Waals surface area contributed by atoms with Gasteiger partial charge in [0.25, 0.3) is 0 Å². The van der Waals surface area contributed by atoms with Gasteiger partial charge in [0.1, 0.15) is 35.3 Å². The number of carbonyl (C=O) groups is 1. The van der Waals surface area contributed by atoms with Crippen molar-refractivity contribution >= 4 is 5.97 Å². The summed E-state index contributed by atoms with van der Waals surface area (Å²) in [5.74, 6) is 1.49. The van der Waals surface area contributed by atoms with Crippen LogP contribution in [-0.2, 0) is 17.8 Å². The number of fused-ring (bicyclic) bond motifs is 1. The summed E-state index contributed by atoms with van der Waals surface area (Å²) in [5, 5.41) is 0. The average molecular weight is 386 g/mol. The van der Waals surface area contributed by atoms with Crippen LogP contribution in [0.15, 0.2) is 30.3 Å². The van der Waals surface area contributed by atoms with Gasteiger partial charge in [-0.25, -0.2) is 4.39 Å². The average Bonchev–Trinajstić information content (AvgIpc) is 2.93. The van der Waals surface area contributed by atoms with E-state index in [-0.39, 0.29) is 29.9 Å². The topological polar surface area (TPSA) is 44.8 Å². The van der Waals surface area contributed by atoms with Crippen molar-refractivity contribution in [3.63, 3.8) is 0 Å². The third-order valence-corrected chi connectivity index (χ3v) is 4.71. The zero-order valence-electron chi connectivity index (χ0n) is 17.1. The number of benzene rings is 2. The molecular formula is C23H27FO4. The minimum Gasteiger partial charge on any atom is -0.489 e. The molecule has 28 heavy (non-hydrogen) atoms. The Labute approximate surface area is 165 Å². The van der Waals surface area contributed by atoms with Gasteiger partial charge in [0, 0.05) is 29.5 Å². The van der Waals surface area contributed by atoms with Gasteiger partial charge in [-0.1, -0.05) is 20.8 Å². The second-order valence-corrected chi connectivity index (χ2v) is 8.06. The highest BCUT2D eigenvalue weighted by molar-refractivity contribution is 5.72. The van der Waals surface area contributed by atoms with Crippen LogP contribution in [-0.4, -0.2) is 11.6 Å². The lowest BCUT2D eigenvalue weighted by Crippen LogP contribution is -2.25. The van der Waals surface area contributed by atoms with E-state index in [1.165, 1.54) is 12.1 Å². The maximum Gasteiger partial charge on any atom is 0.310 e. The van der Waals surface area contributed by atoms with Crippen LogP contribution in [0.5, 0.6) is 17.2 Å². The monoisotopic (exact) mass is 386 g/mol. The Kier molecular flexibility index (Phi) is 5.64. The molecule has 0 aromatic heterocycles. The maximum atomic E-state index is 14.0. The molecule has 2 aromatic carbocycles. The molecule has 1 aliphatic heterocycles. The first-order chi connectivity index (χ1) is 13.2. The van der Waals surface area contributed by atoms with E-state index < -0.39 is 0 Å². The Balaban J connectivity index is 1.81. The number of carbonyl (C=O) groups excluding carboxylic acids is 1. The third kappa shape index (κ3) is 4.46. The van der Waals surface area contributed by atoms with Gasteiger partial charge in [-0.05, 0) is 50.1 Å². The van der Waals surface area contributed by atoms with Crippen molar-refractivity contribution in [2.24, 2.45) is 0 Å². The van der Waals surface area contributed by atoms with Crippen molar-refractivity contribution in [1.82, 2.24) is 0 Å². The van der Waals surface area contributed by atoms with Gasteiger partial charge >= 0.3 is 5.97 Å². The molecule has 4 nitrogen and oxygen atoms in total. The summed E-state index contributed by atoms with van der Waals surface area (Å²) in [6.45, 7) is 9.98. The lowest BCUT2D eigenvalue weighted by atomic mass is 10.0. The molecule has 1 aliphatic rings. The standard InChI is InChI=1S/C23H27FO4/c1-6-21(25)27-20-8-7-18(11-19(20)14(2)3)26-13-16-10-17(24)9-15-12-23(4,5)28-22(15)16/h7-11,14H,6,12-13H2,1-5H3. The molecule has 0 saturated carbocycles. The van der Waals surface area contributed by atoms with E-state index in [1.54, 1.807) is 19.1 Å². The molecule has 0 amide bonds. The van der Waals surface area contributed by atoms with Gasteiger partial charge in [-0.2, -0.15) is 0 Å². The van der Waals surface area contributed by atoms with Gasteiger partial charge in [-0.3, -0.25) is 4.79 Å². The Hall–Kier alpha value is -2.56. The van der Waals surface area contributed by atoms with Crippen LogP contribution in [0.2, 0.25) is 0 Å². The van der Waals surface area contributed by atoms with Crippen molar-refractivity contribution in [2.45, 2.75) is 65.6 Å². The second kappa shape index (κ2) is 7.82. The fourth-order valence-electron chi connectivity index (χ4n) is 3.37. The number of hydrogen-bond acceptors (Lipinski definition) is 4. The largest absolute Gasteiger partial charge is 0.489 e. The molecule has 0 N–H and O–H groups in total. The first-order valence-corrected chi connectivity index (χ1v) is 9.66. The molecule has 150 valence electrons. The summed E-state index contributed by atoms with van der Waals surface area (Å²) < 4.78 is 31.4. The molecule has 0 radical (unpaired) electrons. The minimum absolute atomic E-state index is 0.158. The van der Waals surface area contributed by atoms with E-state index in [0.717, 1.165) is 11.1 Å². The molecule has 0 aliphatic carbocycles. The second-order valence-electron chi connectivity index (χ2n) is 8.06. The summed E-state index contributed by atoms with van der Waals surface area (Å²) in [7, 11) is 0. The van der Waals surface area contributed by atoms with E-state index in [1.807, 2.05) is 33.8 Å². The molecule has 0 atom stereocenters. The number of hydrogen-bond donors (Lipinski definition) is 0. The summed E-state index contributed by atoms with van der Waals surface area (Å²) >= 11 is 0. The Morgan fingerprint density at radius 1 is 1.25 bits per heavy atom. The van der Waals surface area contributed by atoms with Gasteiger partial charge in [0.2, 0.25) is 0 Å². The van der Waals surface area contributed by atoms with Gasteiger partial charge < -0.3 is 14.2 Å². The predicted octanol–water partition coefficient (Wildman–Crippen LogP) is 5.56. The SMILES string of the molecule is CCC(=O)Oc1ccc(OCc2cc(F)cc3c2OC(C)(C)C3)cc1C(C)C. The first kappa shape index (κ1) is 20.2. The van der Waals surface area contributed by atoms with Crippen LogP contribution in [0, 0.1) is 5.82 Å². The molecule has 0 fully saturated rings. The van der Waals surface area contributed by atoms with Crippen LogP contribution in [0.25, 0.3) is 0 Å². The first-order valence-electron chi connectivity index (χ1n) is 9.66. The Morgan fingerprint density at radius 3 is 2.68 bits per heavy atom. The van der Waals surface area contributed by atoms with Gasteiger partial charge in [-0.15, -0.1) is 0 Å². The Bertz CT molecular complexity index is 886. The molecule has 0 unspecified atom stereocenters. The van der Waals surface area contributed by atoms with E-state index in [2.05, 4.69) is 0 Å². The molecule has 0 bridgehead atoms. The zero-order chi connectivity index (χ0) is 20.5. The molecule has 2 aromatic rings. The number of rotatable bonds is 6. The highest BCUT2D eigenvalue weighted by atomic mass is 19.1. The predicted molar refractivity (Wildman–Crippen MR) is 106 cm³/mol. The van der Waals surface area contributed by atoms with Gasteiger partial charge in [0.05, 0.1) is 0 Å². The van der Waals surface area contributed by atoms with Crippen molar-refractivity contribution in [3.8, 4) is 17.2 Å². The van der Waals surface area contributed by atoms with Gasteiger partial charge in [0.15, 0.2) is 0 Å². The lowest BCUT2D eigenvalue weighted by molar-refractivity contribution is -0.134. The van der Waals surface area contributed by atoms with Crippen LogP contribution in [0.1, 0.15) is 63.6 Å². The Morgan fingerprint density at radius 2 is 2.00 bits per heavy atom. The summed E-state index contributed by atoms with van der Waals surface area (Å²) in [6, 6.07) is 8.36. The van der Waals surface area contributed by atoms with E-state index in [9.17, 15) is 9.18 Å². The third-order valence-electron chi connectivity index (χ3n) is 4.71. The summed E-state index contributed by atoms with van der Waals surface area (Å²) in [6.07, 6.45) is 0.985. The van der Waals surface area contributed by atoms with Crippen LogP contribution in [0.4, 0.5) is 4.39 Å². The number of halogens is 1. The van der Waals surface area contributed by atoms with Crippen molar-refractivity contribution in [2.75, 3.05) is 0 Å². The molecular weight excluding hydrogens is 359 g/mol. The van der Waals surface area contributed by atoms with E-state index in [0.29, 0.717) is 35.7 Å². The highest BCUT2D eigenvalue weighted by Crippen LogP contribution is 2.39. The molecule has 5 heteroatoms.